The standard InChI is InChI=1S/C10H13BrN2/c11-9-4-6-12-7-8(9)10-3-1-2-5-13-10/h4,6-7,10,13H,1-3,5H2. The third kappa shape index (κ3) is 2.09. The molecule has 1 saturated heterocycles. The fourth-order valence-electron chi connectivity index (χ4n) is 1.76. The van der Waals surface area contributed by atoms with Crippen LogP contribution in [0.25, 0.3) is 0 Å². The number of hydrogen-bond acceptors (Lipinski definition) is 2. The van der Waals surface area contributed by atoms with E-state index in [0.29, 0.717) is 6.04 Å². The highest BCUT2D eigenvalue weighted by molar-refractivity contribution is 9.10. The zero-order valence-electron chi connectivity index (χ0n) is 7.46. The van der Waals surface area contributed by atoms with Crippen LogP contribution >= 0.6 is 15.9 Å². The van der Waals surface area contributed by atoms with Gasteiger partial charge in [-0.05, 0) is 25.5 Å². The average molecular weight is 241 g/mol. The Labute approximate surface area is 86.9 Å². The van der Waals surface area contributed by atoms with Crippen LogP contribution in [0.4, 0.5) is 0 Å². The highest BCUT2D eigenvalue weighted by atomic mass is 79.9. The van der Waals surface area contributed by atoms with Crippen molar-refractivity contribution < 1.29 is 0 Å². The second-order valence-corrected chi connectivity index (χ2v) is 4.25. The lowest BCUT2D eigenvalue weighted by Crippen LogP contribution is -2.27. The van der Waals surface area contributed by atoms with Crippen molar-refractivity contribution in [1.29, 1.82) is 0 Å². The van der Waals surface area contributed by atoms with Gasteiger partial charge in [0.25, 0.3) is 0 Å². The second-order valence-electron chi connectivity index (χ2n) is 3.40. The summed E-state index contributed by atoms with van der Waals surface area (Å²) in [5.74, 6) is 0. The van der Waals surface area contributed by atoms with Gasteiger partial charge in [-0.25, -0.2) is 0 Å². The Morgan fingerprint density at radius 1 is 1.46 bits per heavy atom. The third-order valence-electron chi connectivity index (χ3n) is 2.48. The Hall–Kier alpha value is -0.410. The molecule has 1 aliphatic heterocycles. The molecule has 2 heterocycles. The maximum atomic E-state index is 4.15. The molecule has 1 aromatic rings. The smallest absolute Gasteiger partial charge is 0.0346 e. The Balaban J connectivity index is 2.18. The van der Waals surface area contributed by atoms with Crippen molar-refractivity contribution in [1.82, 2.24) is 10.3 Å². The zero-order valence-corrected chi connectivity index (χ0v) is 9.05. The molecule has 1 atom stereocenters. The van der Waals surface area contributed by atoms with Crippen LogP contribution in [0, 0.1) is 0 Å². The Morgan fingerprint density at radius 2 is 2.38 bits per heavy atom. The van der Waals surface area contributed by atoms with Gasteiger partial charge in [0.1, 0.15) is 0 Å². The van der Waals surface area contributed by atoms with Crippen LogP contribution in [0.2, 0.25) is 0 Å². The number of halogens is 1. The van der Waals surface area contributed by atoms with Crippen molar-refractivity contribution in [3.05, 3.63) is 28.5 Å². The molecule has 0 bridgehead atoms. The van der Waals surface area contributed by atoms with Gasteiger partial charge < -0.3 is 5.32 Å². The number of nitrogens with one attached hydrogen (secondary N) is 1. The highest BCUT2D eigenvalue weighted by Gasteiger charge is 2.16. The molecule has 0 radical (unpaired) electrons. The SMILES string of the molecule is Brc1ccncc1C1CCCCN1. The molecule has 2 nitrogen and oxygen atoms in total. The van der Waals surface area contributed by atoms with Crippen molar-refractivity contribution in [2.75, 3.05) is 6.54 Å². The van der Waals surface area contributed by atoms with Gasteiger partial charge in [0.15, 0.2) is 0 Å². The molecule has 0 aliphatic carbocycles. The fourth-order valence-corrected chi connectivity index (χ4v) is 2.26. The zero-order chi connectivity index (χ0) is 9.10. The second kappa shape index (κ2) is 4.20. The molecule has 0 saturated carbocycles. The normalized spacial score (nSPS) is 23.0. The fraction of sp³-hybridized carbons (Fsp3) is 0.500. The quantitative estimate of drug-likeness (QED) is 0.817. The molecule has 2 rings (SSSR count). The van der Waals surface area contributed by atoms with Gasteiger partial charge >= 0.3 is 0 Å². The molecule has 0 amide bonds. The Bertz CT molecular complexity index is 282. The first-order valence-corrected chi connectivity index (χ1v) is 5.50. The summed E-state index contributed by atoms with van der Waals surface area (Å²) in [6, 6.07) is 2.50. The minimum Gasteiger partial charge on any atom is -0.310 e. The van der Waals surface area contributed by atoms with Gasteiger partial charge in [-0.2, -0.15) is 0 Å². The van der Waals surface area contributed by atoms with Crippen molar-refractivity contribution in [2.45, 2.75) is 25.3 Å². The Kier molecular flexibility index (Phi) is 2.96. The monoisotopic (exact) mass is 240 g/mol. The van der Waals surface area contributed by atoms with E-state index in [1.54, 1.807) is 0 Å². The van der Waals surface area contributed by atoms with Crippen LogP contribution in [-0.2, 0) is 0 Å². The largest absolute Gasteiger partial charge is 0.310 e. The van der Waals surface area contributed by atoms with Gasteiger partial charge in [-0.15, -0.1) is 0 Å². The van der Waals surface area contributed by atoms with Gasteiger partial charge in [0.05, 0.1) is 0 Å². The summed E-state index contributed by atoms with van der Waals surface area (Å²) in [7, 11) is 0. The number of rotatable bonds is 1. The van der Waals surface area contributed by atoms with Crippen LogP contribution in [0.5, 0.6) is 0 Å². The first-order valence-electron chi connectivity index (χ1n) is 4.71. The molecule has 1 unspecified atom stereocenters. The summed E-state index contributed by atoms with van der Waals surface area (Å²) < 4.78 is 1.17. The van der Waals surface area contributed by atoms with Crippen LogP contribution < -0.4 is 5.32 Å². The topological polar surface area (TPSA) is 24.9 Å². The lowest BCUT2D eigenvalue weighted by atomic mass is 9.99. The van der Waals surface area contributed by atoms with Crippen LogP contribution in [0.1, 0.15) is 30.9 Å². The molecule has 1 N–H and O–H groups in total. The highest BCUT2D eigenvalue weighted by Crippen LogP contribution is 2.27. The average Bonchev–Trinajstić information content (AvgIpc) is 2.20. The van der Waals surface area contributed by atoms with Gasteiger partial charge in [0.2, 0.25) is 0 Å². The number of hydrogen-bond donors (Lipinski definition) is 1. The molecule has 1 aromatic heterocycles. The third-order valence-corrected chi connectivity index (χ3v) is 3.20. The van der Waals surface area contributed by atoms with E-state index in [1.807, 2.05) is 18.5 Å². The lowest BCUT2D eigenvalue weighted by Gasteiger charge is -2.24. The molecule has 0 aromatic carbocycles. The number of nitrogens with zero attached hydrogens (tertiary/aromatic N) is 1. The lowest BCUT2D eigenvalue weighted by molar-refractivity contribution is 0.410. The molecule has 0 spiro atoms. The van der Waals surface area contributed by atoms with Gasteiger partial charge in [-0.3, -0.25) is 4.98 Å². The van der Waals surface area contributed by atoms with Crippen LogP contribution in [0.3, 0.4) is 0 Å². The van der Waals surface area contributed by atoms with Crippen LogP contribution in [0.15, 0.2) is 22.9 Å². The van der Waals surface area contributed by atoms with E-state index in [-0.39, 0.29) is 0 Å². The first-order chi connectivity index (χ1) is 6.38. The van der Waals surface area contributed by atoms with E-state index < -0.39 is 0 Å². The van der Waals surface area contributed by atoms with Gasteiger partial charge in [-0.1, -0.05) is 22.4 Å². The van der Waals surface area contributed by atoms with E-state index in [0.717, 1.165) is 6.54 Å². The van der Waals surface area contributed by atoms with Crippen molar-refractivity contribution in [3.8, 4) is 0 Å². The van der Waals surface area contributed by atoms with E-state index >= 15 is 0 Å². The van der Waals surface area contributed by atoms with Crippen molar-refractivity contribution in [3.63, 3.8) is 0 Å². The summed E-state index contributed by atoms with van der Waals surface area (Å²) in [6.45, 7) is 1.13. The minimum absolute atomic E-state index is 0.497. The summed E-state index contributed by atoms with van der Waals surface area (Å²) in [4.78, 5) is 4.15. The molecular weight excluding hydrogens is 228 g/mol. The minimum atomic E-state index is 0.497. The molecule has 13 heavy (non-hydrogen) atoms. The molecular formula is C10H13BrN2. The summed E-state index contributed by atoms with van der Waals surface area (Å²) in [5, 5.41) is 3.51. The molecule has 70 valence electrons. The maximum absolute atomic E-state index is 4.15. The molecule has 1 fully saturated rings. The van der Waals surface area contributed by atoms with Crippen molar-refractivity contribution in [2.24, 2.45) is 0 Å². The predicted molar refractivity (Wildman–Crippen MR) is 56.5 cm³/mol. The first kappa shape index (κ1) is 9.16. The number of piperidine rings is 1. The summed E-state index contributed by atoms with van der Waals surface area (Å²) >= 11 is 3.55. The van der Waals surface area contributed by atoms with Crippen LogP contribution in [-0.4, -0.2) is 11.5 Å². The maximum Gasteiger partial charge on any atom is 0.0346 e. The number of aromatic nitrogens is 1. The molecule has 3 heteroatoms. The van der Waals surface area contributed by atoms with E-state index in [9.17, 15) is 0 Å². The number of pyridine rings is 1. The predicted octanol–water partition coefficient (Wildman–Crippen LogP) is 2.66. The summed E-state index contributed by atoms with van der Waals surface area (Å²) in [5.41, 5.74) is 1.29. The summed E-state index contributed by atoms with van der Waals surface area (Å²) in [6.07, 6.45) is 7.61. The van der Waals surface area contributed by atoms with E-state index in [2.05, 4.69) is 26.2 Å². The molecule has 1 aliphatic rings. The van der Waals surface area contributed by atoms with E-state index in [4.69, 9.17) is 0 Å². The van der Waals surface area contributed by atoms with E-state index in [1.165, 1.54) is 29.3 Å². The van der Waals surface area contributed by atoms with Crippen molar-refractivity contribution >= 4 is 15.9 Å². The van der Waals surface area contributed by atoms with Gasteiger partial charge in [0, 0.05) is 28.5 Å². The Morgan fingerprint density at radius 3 is 3.08 bits per heavy atom.